The summed E-state index contributed by atoms with van der Waals surface area (Å²) in [4.78, 5) is 31.8. The number of carbonyl (C=O) groups is 1. The molecule has 3 aromatic rings. The van der Waals surface area contributed by atoms with Crippen molar-refractivity contribution < 1.29 is 9.21 Å². The van der Waals surface area contributed by atoms with Gasteiger partial charge in [-0.3, -0.25) is 9.59 Å². The van der Waals surface area contributed by atoms with Crippen molar-refractivity contribution in [1.29, 1.82) is 5.26 Å². The summed E-state index contributed by atoms with van der Waals surface area (Å²) < 4.78 is 5.32. The van der Waals surface area contributed by atoms with Gasteiger partial charge in [0.1, 0.15) is 11.6 Å². The van der Waals surface area contributed by atoms with Gasteiger partial charge in [0.25, 0.3) is 5.56 Å². The van der Waals surface area contributed by atoms with Gasteiger partial charge in [-0.1, -0.05) is 11.6 Å². The maximum atomic E-state index is 12.7. The van der Waals surface area contributed by atoms with Crippen molar-refractivity contribution in [3.63, 3.8) is 0 Å². The van der Waals surface area contributed by atoms with Crippen molar-refractivity contribution in [3.05, 3.63) is 63.6 Å². The van der Waals surface area contributed by atoms with Crippen LogP contribution in [0, 0.1) is 17.2 Å². The maximum Gasteiger partial charge on any atom is 0.258 e. The van der Waals surface area contributed by atoms with E-state index in [-0.39, 0.29) is 23.4 Å². The van der Waals surface area contributed by atoms with Gasteiger partial charge in [-0.15, -0.1) is 0 Å². The first-order valence-corrected chi connectivity index (χ1v) is 8.12. The van der Waals surface area contributed by atoms with Gasteiger partial charge >= 0.3 is 0 Å². The third-order valence-electron chi connectivity index (χ3n) is 4.44. The molecule has 1 aliphatic rings. The first kappa shape index (κ1) is 15.6. The van der Waals surface area contributed by atoms with Crippen LogP contribution in [-0.2, 0) is 4.79 Å². The van der Waals surface area contributed by atoms with Crippen LogP contribution in [0.1, 0.15) is 29.8 Å². The van der Waals surface area contributed by atoms with E-state index in [9.17, 15) is 14.9 Å². The molecule has 2 aromatic heterocycles. The number of furan rings is 1. The number of halogens is 1. The predicted molar refractivity (Wildman–Crippen MR) is 90.3 cm³/mol. The Balaban J connectivity index is 1.68. The third-order valence-corrected chi connectivity index (χ3v) is 4.67. The monoisotopic (exact) mass is 353 g/mol. The minimum atomic E-state index is -1.12. The van der Waals surface area contributed by atoms with Crippen molar-refractivity contribution in [2.75, 3.05) is 0 Å². The minimum absolute atomic E-state index is 0.0139. The van der Waals surface area contributed by atoms with Crippen LogP contribution < -0.4 is 5.56 Å². The highest BCUT2D eigenvalue weighted by molar-refractivity contribution is 6.31. The standard InChI is InChI=1S/C18H12ClN3O3/c19-9-3-4-10-14(6-9)21-17(22-18(10)24)13(8-20)16(23)12-7-11(12)15-2-1-5-25-15/h1-6,11-13H,7H2,(H,21,22,24)/t11-,12-,13+/m0/s1. The fourth-order valence-corrected chi connectivity index (χ4v) is 3.23. The Morgan fingerprint density at radius 2 is 2.28 bits per heavy atom. The molecule has 6 nitrogen and oxygen atoms in total. The molecule has 7 heteroatoms. The topological polar surface area (TPSA) is 99.8 Å². The SMILES string of the molecule is N#C[C@H](C(=O)[C@H]1C[C@@H]1c1ccco1)c1nc2cc(Cl)ccc2c(=O)[nH]1. The second-order valence-electron chi connectivity index (χ2n) is 6.04. The smallest absolute Gasteiger partial charge is 0.258 e. The molecule has 0 aliphatic heterocycles. The summed E-state index contributed by atoms with van der Waals surface area (Å²) in [6, 6.07) is 10.2. The number of hydrogen-bond acceptors (Lipinski definition) is 5. The van der Waals surface area contributed by atoms with Crippen LogP contribution in [0.3, 0.4) is 0 Å². The molecule has 0 unspecified atom stereocenters. The number of aromatic amines is 1. The Labute approximate surface area is 147 Å². The second kappa shape index (κ2) is 5.87. The lowest BCUT2D eigenvalue weighted by atomic mass is 9.99. The van der Waals surface area contributed by atoms with E-state index in [1.807, 2.05) is 12.1 Å². The average Bonchev–Trinajstić information content (AvgIpc) is 3.20. The van der Waals surface area contributed by atoms with E-state index >= 15 is 0 Å². The van der Waals surface area contributed by atoms with E-state index in [0.717, 1.165) is 5.76 Å². The number of fused-ring (bicyclic) bond motifs is 1. The molecule has 1 fully saturated rings. The van der Waals surface area contributed by atoms with E-state index < -0.39 is 11.5 Å². The molecule has 0 spiro atoms. The molecule has 1 saturated carbocycles. The van der Waals surface area contributed by atoms with Gasteiger partial charge in [-0.05, 0) is 36.8 Å². The largest absolute Gasteiger partial charge is 0.469 e. The van der Waals surface area contributed by atoms with Gasteiger partial charge in [-0.25, -0.2) is 4.98 Å². The number of nitrogens with zero attached hydrogens (tertiary/aromatic N) is 2. The summed E-state index contributed by atoms with van der Waals surface area (Å²) in [5.74, 6) is -0.898. The predicted octanol–water partition coefficient (Wildman–Crippen LogP) is 3.15. The Morgan fingerprint density at radius 1 is 1.44 bits per heavy atom. The molecule has 2 heterocycles. The van der Waals surface area contributed by atoms with E-state index in [1.54, 1.807) is 24.5 Å². The lowest BCUT2D eigenvalue weighted by molar-refractivity contribution is -0.120. The number of benzene rings is 1. The van der Waals surface area contributed by atoms with Crippen LogP contribution in [0.4, 0.5) is 0 Å². The fourth-order valence-electron chi connectivity index (χ4n) is 3.07. The van der Waals surface area contributed by atoms with Crippen molar-refractivity contribution in [2.45, 2.75) is 18.3 Å². The van der Waals surface area contributed by atoms with Crippen molar-refractivity contribution in [1.82, 2.24) is 9.97 Å². The molecule has 0 amide bonds. The quantitative estimate of drug-likeness (QED) is 0.776. The molecule has 1 aromatic carbocycles. The number of carbonyl (C=O) groups excluding carboxylic acids is 1. The Hall–Kier alpha value is -2.91. The molecule has 0 saturated heterocycles. The molecule has 25 heavy (non-hydrogen) atoms. The van der Waals surface area contributed by atoms with E-state index in [2.05, 4.69) is 9.97 Å². The Morgan fingerprint density at radius 3 is 3.00 bits per heavy atom. The molecular weight excluding hydrogens is 342 g/mol. The van der Waals surface area contributed by atoms with Crippen molar-refractivity contribution >= 4 is 28.3 Å². The molecule has 0 bridgehead atoms. The first-order valence-electron chi connectivity index (χ1n) is 7.74. The normalized spacial score (nSPS) is 20.2. The highest BCUT2D eigenvalue weighted by Gasteiger charge is 2.48. The number of hydrogen-bond donors (Lipinski definition) is 1. The van der Waals surface area contributed by atoms with Crippen LogP contribution in [-0.4, -0.2) is 15.8 Å². The second-order valence-corrected chi connectivity index (χ2v) is 6.48. The lowest BCUT2D eigenvalue weighted by Gasteiger charge is -2.08. The number of nitriles is 1. The van der Waals surface area contributed by atoms with Gasteiger partial charge in [0.15, 0.2) is 11.7 Å². The highest BCUT2D eigenvalue weighted by atomic mass is 35.5. The molecular formula is C18H12ClN3O3. The minimum Gasteiger partial charge on any atom is -0.469 e. The zero-order valence-electron chi connectivity index (χ0n) is 12.9. The molecule has 4 rings (SSSR count). The summed E-state index contributed by atoms with van der Waals surface area (Å²) in [7, 11) is 0. The summed E-state index contributed by atoms with van der Waals surface area (Å²) >= 11 is 5.94. The Kier molecular flexibility index (Phi) is 3.66. The summed E-state index contributed by atoms with van der Waals surface area (Å²) in [5, 5.41) is 10.3. The lowest BCUT2D eigenvalue weighted by Crippen LogP contribution is -2.21. The van der Waals surface area contributed by atoms with Crippen LogP contribution in [0.15, 0.2) is 45.8 Å². The average molecular weight is 354 g/mol. The number of ketones is 1. The number of Topliss-reactive ketones (excluding diaryl/α,β-unsaturated/α-hetero) is 1. The summed E-state index contributed by atoms with van der Waals surface area (Å²) in [6.07, 6.45) is 2.19. The number of aromatic nitrogens is 2. The van der Waals surface area contributed by atoms with E-state index in [0.29, 0.717) is 22.3 Å². The number of H-pyrrole nitrogens is 1. The Bertz CT molecular complexity index is 1070. The van der Waals surface area contributed by atoms with Crippen molar-refractivity contribution in [3.8, 4) is 6.07 Å². The van der Waals surface area contributed by atoms with Gasteiger partial charge in [0, 0.05) is 16.9 Å². The van der Waals surface area contributed by atoms with Gasteiger partial charge in [0.2, 0.25) is 0 Å². The highest BCUT2D eigenvalue weighted by Crippen LogP contribution is 2.50. The summed E-state index contributed by atoms with van der Waals surface area (Å²) in [6.45, 7) is 0. The summed E-state index contributed by atoms with van der Waals surface area (Å²) in [5.41, 5.74) is -0.0409. The van der Waals surface area contributed by atoms with Gasteiger partial charge in [0.05, 0.1) is 23.2 Å². The molecule has 1 aliphatic carbocycles. The van der Waals surface area contributed by atoms with Gasteiger partial charge in [-0.2, -0.15) is 5.26 Å². The van der Waals surface area contributed by atoms with E-state index in [4.69, 9.17) is 16.0 Å². The number of nitrogens with one attached hydrogen (secondary N) is 1. The fraction of sp³-hybridized carbons (Fsp3) is 0.222. The van der Waals surface area contributed by atoms with Crippen molar-refractivity contribution in [2.24, 2.45) is 5.92 Å². The zero-order chi connectivity index (χ0) is 17.6. The molecule has 124 valence electrons. The van der Waals surface area contributed by atoms with Gasteiger partial charge < -0.3 is 9.40 Å². The van der Waals surface area contributed by atoms with Crippen LogP contribution in [0.25, 0.3) is 10.9 Å². The van der Waals surface area contributed by atoms with E-state index in [1.165, 1.54) is 6.07 Å². The molecule has 1 N–H and O–H groups in total. The molecule has 3 atom stereocenters. The first-order chi connectivity index (χ1) is 12.1. The maximum absolute atomic E-state index is 12.7. The zero-order valence-corrected chi connectivity index (χ0v) is 13.7. The van der Waals surface area contributed by atoms with Crippen LogP contribution in [0.2, 0.25) is 5.02 Å². The van der Waals surface area contributed by atoms with Crippen LogP contribution >= 0.6 is 11.6 Å². The van der Waals surface area contributed by atoms with Crippen LogP contribution in [0.5, 0.6) is 0 Å². The number of rotatable bonds is 4. The molecule has 0 radical (unpaired) electrons. The third kappa shape index (κ3) is 2.73.